The zero-order valence-electron chi connectivity index (χ0n) is 5.90. The molecule has 1 saturated carbocycles. The van der Waals surface area contributed by atoms with Gasteiger partial charge in [0, 0.05) is 5.92 Å². The van der Waals surface area contributed by atoms with Gasteiger partial charge in [0.25, 0.3) is 0 Å². The van der Waals surface area contributed by atoms with Crippen LogP contribution in [0, 0.1) is 11.7 Å². The van der Waals surface area contributed by atoms with Crippen molar-refractivity contribution < 1.29 is 4.39 Å². The van der Waals surface area contributed by atoms with Gasteiger partial charge in [0.2, 0.25) is 0 Å². The molecule has 11 heavy (non-hydrogen) atoms. The van der Waals surface area contributed by atoms with E-state index >= 15 is 0 Å². The van der Waals surface area contributed by atoms with Crippen LogP contribution < -0.4 is 0 Å². The van der Waals surface area contributed by atoms with E-state index in [2.05, 4.69) is 0 Å². The number of halogens is 2. The van der Waals surface area contributed by atoms with E-state index in [1.54, 1.807) is 6.07 Å². The first-order chi connectivity index (χ1) is 5.27. The Morgan fingerprint density at radius 3 is 2.55 bits per heavy atom. The van der Waals surface area contributed by atoms with Crippen molar-refractivity contribution in [2.24, 2.45) is 0 Å². The van der Waals surface area contributed by atoms with Gasteiger partial charge in [-0.3, -0.25) is 0 Å². The predicted octanol–water partition coefficient (Wildman–Crippen LogP) is 3.20. The Morgan fingerprint density at radius 1 is 1.27 bits per heavy atom. The number of benzene rings is 1. The van der Waals surface area contributed by atoms with Crippen LogP contribution >= 0.6 is 11.6 Å². The summed E-state index contributed by atoms with van der Waals surface area (Å²) in [6.07, 6.45) is 2.22. The van der Waals surface area contributed by atoms with E-state index in [9.17, 15) is 4.39 Å². The average Bonchev–Trinajstić information content (AvgIpc) is 2.77. The molecule has 0 amide bonds. The van der Waals surface area contributed by atoms with Crippen LogP contribution in [0.25, 0.3) is 0 Å². The summed E-state index contributed by atoms with van der Waals surface area (Å²) in [5.74, 6) is 1.02. The first-order valence-electron chi connectivity index (χ1n) is 3.57. The molecule has 1 aromatic rings. The second-order valence-electron chi connectivity index (χ2n) is 2.73. The monoisotopic (exact) mass is 169 g/mol. The first-order valence-corrected chi connectivity index (χ1v) is 3.95. The van der Waals surface area contributed by atoms with Gasteiger partial charge in [0.1, 0.15) is 5.82 Å². The lowest BCUT2D eigenvalue weighted by atomic mass is 10.1. The summed E-state index contributed by atoms with van der Waals surface area (Å²) in [4.78, 5) is 0. The van der Waals surface area contributed by atoms with Gasteiger partial charge in [-0.2, -0.15) is 0 Å². The van der Waals surface area contributed by atoms with Crippen LogP contribution in [0.5, 0.6) is 0 Å². The van der Waals surface area contributed by atoms with Gasteiger partial charge >= 0.3 is 0 Å². The van der Waals surface area contributed by atoms with Crippen molar-refractivity contribution in [1.82, 2.24) is 0 Å². The maximum absolute atomic E-state index is 12.8. The molecule has 0 heterocycles. The summed E-state index contributed by atoms with van der Waals surface area (Å²) in [5.41, 5.74) is 1.01. The van der Waals surface area contributed by atoms with E-state index in [-0.39, 0.29) is 10.8 Å². The molecule has 1 aliphatic rings. The van der Waals surface area contributed by atoms with E-state index < -0.39 is 0 Å². The van der Waals surface area contributed by atoms with Crippen LogP contribution in [-0.4, -0.2) is 0 Å². The van der Waals surface area contributed by atoms with Gasteiger partial charge < -0.3 is 0 Å². The van der Waals surface area contributed by atoms with Crippen molar-refractivity contribution in [2.75, 3.05) is 0 Å². The standard InChI is InChI=1S/C9H7ClF/c10-8-4-3-7(5-9(8)11)6-1-2-6/h3-5H,1-2H2. The fourth-order valence-corrected chi connectivity index (χ4v) is 1.18. The van der Waals surface area contributed by atoms with Gasteiger partial charge in [-0.25, -0.2) is 4.39 Å². The van der Waals surface area contributed by atoms with Crippen molar-refractivity contribution in [2.45, 2.75) is 12.8 Å². The van der Waals surface area contributed by atoms with Crippen molar-refractivity contribution in [3.05, 3.63) is 40.5 Å². The molecule has 0 spiro atoms. The van der Waals surface area contributed by atoms with Crippen LogP contribution in [0.2, 0.25) is 5.02 Å². The molecule has 0 N–H and O–H groups in total. The minimum atomic E-state index is -0.316. The summed E-state index contributed by atoms with van der Waals surface area (Å²) in [5, 5.41) is 0.204. The third kappa shape index (κ3) is 1.38. The number of hydrogen-bond donors (Lipinski definition) is 0. The van der Waals surface area contributed by atoms with E-state index in [4.69, 9.17) is 11.6 Å². The van der Waals surface area contributed by atoms with Crippen LogP contribution in [0.1, 0.15) is 18.4 Å². The molecule has 1 fully saturated rings. The summed E-state index contributed by atoms with van der Waals surface area (Å²) in [6, 6.07) is 4.98. The van der Waals surface area contributed by atoms with Gasteiger partial charge in [0.05, 0.1) is 5.02 Å². The topological polar surface area (TPSA) is 0 Å². The Labute approximate surface area is 70.0 Å². The van der Waals surface area contributed by atoms with E-state index in [0.29, 0.717) is 0 Å². The molecular weight excluding hydrogens is 163 g/mol. The molecule has 0 bridgehead atoms. The van der Waals surface area contributed by atoms with E-state index in [0.717, 1.165) is 18.4 Å². The quantitative estimate of drug-likeness (QED) is 0.606. The van der Waals surface area contributed by atoms with Gasteiger partial charge in [-0.15, -0.1) is 0 Å². The number of rotatable bonds is 1. The highest BCUT2D eigenvalue weighted by molar-refractivity contribution is 6.30. The lowest BCUT2D eigenvalue weighted by molar-refractivity contribution is 0.627. The largest absolute Gasteiger partial charge is 0.205 e. The predicted molar refractivity (Wildman–Crippen MR) is 43.0 cm³/mol. The lowest BCUT2D eigenvalue weighted by Crippen LogP contribution is -1.82. The molecule has 1 radical (unpaired) electrons. The Kier molecular flexibility index (Phi) is 1.61. The van der Waals surface area contributed by atoms with Crippen molar-refractivity contribution in [1.29, 1.82) is 0 Å². The fourth-order valence-electron chi connectivity index (χ4n) is 1.07. The summed E-state index contributed by atoms with van der Waals surface area (Å²) >= 11 is 5.52. The summed E-state index contributed by atoms with van der Waals surface area (Å²) in [6.45, 7) is 0. The highest BCUT2D eigenvalue weighted by Gasteiger charge is 2.24. The van der Waals surface area contributed by atoms with Gasteiger partial charge in [-0.05, 0) is 30.5 Å². The van der Waals surface area contributed by atoms with Gasteiger partial charge in [0.15, 0.2) is 0 Å². The normalized spacial score (nSPS) is 16.9. The molecule has 1 aromatic carbocycles. The average molecular weight is 170 g/mol. The second-order valence-corrected chi connectivity index (χ2v) is 3.14. The third-order valence-electron chi connectivity index (χ3n) is 1.83. The van der Waals surface area contributed by atoms with Crippen LogP contribution in [-0.2, 0) is 0 Å². The van der Waals surface area contributed by atoms with E-state index in [1.807, 2.05) is 6.07 Å². The van der Waals surface area contributed by atoms with Crippen LogP contribution in [0.15, 0.2) is 18.2 Å². The molecule has 0 nitrogen and oxygen atoms in total. The lowest BCUT2D eigenvalue weighted by Gasteiger charge is -1.97. The van der Waals surface area contributed by atoms with Crippen LogP contribution in [0.4, 0.5) is 4.39 Å². The molecule has 0 unspecified atom stereocenters. The molecule has 2 heteroatoms. The second kappa shape index (κ2) is 2.49. The zero-order chi connectivity index (χ0) is 7.84. The maximum atomic E-state index is 12.8. The minimum Gasteiger partial charge on any atom is -0.205 e. The molecule has 2 rings (SSSR count). The van der Waals surface area contributed by atoms with Gasteiger partial charge in [-0.1, -0.05) is 17.7 Å². The van der Waals surface area contributed by atoms with Crippen molar-refractivity contribution >= 4 is 11.6 Å². The summed E-state index contributed by atoms with van der Waals surface area (Å²) < 4.78 is 12.8. The SMILES string of the molecule is Fc1cc([C]2CC2)ccc1Cl. The minimum absolute atomic E-state index is 0.204. The van der Waals surface area contributed by atoms with Crippen LogP contribution in [0.3, 0.4) is 0 Å². The first kappa shape index (κ1) is 7.11. The smallest absolute Gasteiger partial charge is 0.142 e. The highest BCUT2D eigenvalue weighted by atomic mass is 35.5. The number of hydrogen-bond acceptors (Lipinski definition) is 0. The Balaban J connectivity index is 2.36. The van der Waals surface area contributed by atoms with E-state index in [1.165, 1.54) is 12.0 Å². The molecule has 0 aromatic heterocycles. The maximum Gasteiger partial charge on any atom is 0.142 e. The molecule has 0 atom stereocenters. The van der Waals surface area contributed by atoms with Crippen molar-refractivity contribution in [3.63, 3.8) is 0 Å². The Hall–Kier alpha value is -0.560. The molecule has 57 valence electrons. The third-order valence-corrected chi connectivity index (χ3v) is 2.13. The Bertz CT molecular complexity index is 279. The highest BCUT2D eigenvalue weighted by Crippen LogP contribution is 2.39. The molecule has 0 aliphatic heterocycles. The molecule has 0 saturated heterocycles. The molecule has 1 aliphatic carbocycles. The fraction of sp³-hybridized carbons (Fsp3) is 0.222. The Morgan fingerprint density at radius 2 is 2.00 bits per heavy atom. The molecular formula is C9H7ClF. The zero-order valence-corrected chi connectivity index (χ0v) is 6.66. The van der Waals surface area contributed by atoms with Crippen molar-refractivity contribution in [3.8, 4) is 0 Å². The summed E-state index contributed by atoms with van der Waals surface area (Å²) in [7, 11) is 0.